The molecular weight excluding hydrogens is 476 g/mol. The number of benzene rings is 1. The second kappa shape index (κ2) is 9.46. The molecular formula is C27H36N4O6. The second-order valence-corrected chi connectivity index (χ2v) is 12.0. The zero-order chi connectivity index (χ0) is 27.3. The van der Waals surface area contributed by atoms with E-state index in [2.05, 4.69) is 10.6 Å². The molecule has 1 aliphatic heterocycles. The van der Waals surface area contributed by atoms with E-state index in [0.29, 0.717) is 19.4 Å². The number of ketones is 1. The molecule has 0 aromatic heterocycles. The number of nitrogens with one attached hydrogen (secondary N) is 2. The van der Waals surface area contributed by atoms with E-state index in [0.717, 1.165) is 11.1 Å². The first kappa shape index (κ1) is 26.6. The van der Waals surface area contributed by atoms with E-state index in [1.165, 1.54) is 4.90 Å². The van der Waals surface area contributed by atoms with Crippen LogP contribution in [0.2, 0.25) is 0 Å². The fourth-order valence-corrected chi connectivity index (χ4v) is 6.00. The van der Waals surface area contributed by atoms with Crippen molar-refractivity contribution in [1.82, 2.24) is 15.5 Å². The molecule has 4 atom stereocenters. The SMILES string of the molecule is CC(C)(C)OC(=O)N[C@H](C(=O)N1C[C@H]2[C@@H]([C@H]1C(=O)NCC(=O)C(N)=O)C2(C)C)C1Cc2ccccc2C1. The van der Waals surface area contributed by atoms with Gasteiger partial charge in [-0.3, -0.25) is 19.2 Å². The van der Waals surface area contributed by atoms with Crippen LogP contribution in [0.15, 0.2) is 24.3 Å². The van der Waals surface area contributed by atoms with Crippen LogP contribution in [-0.2, 0) is 36.8 Å². The molecule has 1 aromatic carbocycles. The standard InChI is InChI=1S/C27H36N4O6/c1-26(2,3)37-25(36)30-20(16-10-14-8-6-7-9-15(14)11-16)24(35)31-13-17-19(27(17,4)5)21(31)23(34)29-12-18(32)22(28)33/h6-9,16-17,19-21H,10-13H2,1-5H3,(H2,28,33)(H,29,34)(H,30,36)/t17-,19-,20-,21-/m0/s1. The topological polar surface area (TPSA) is 148 Å². The number of nitrogens with two attached hydrogens (primary N) is 1. The van der Waals surface area contributed by atoms with Gasteiger partial charge >= 0.3 is 6.09 Å². The van der Waals surface area contributed by atoms with Gasteiger partial charge in [-0.2, -0.15) is 0 Å². The number of ether oxygens (including phenoxy) is 1. The molecule has 2 aliphatic carbocycles. The van der Waals surface area contributed by atoms with Crippen LogP contribution >= 0.6 is 0 Å². The normalized spacial score (nSPS) is 24.5. The Bertz CT molecular complexity index is 1110. The van der Waals surface area contributed by atoms with Crippen LogP contribution in [0, 0.1) is 23.2 Å². The Kier molecular flexibility index (Phi) is 6.81. The molecule has 1 aromatic rings. The number of rotatable bonds is 7. The number of hydrogen-bond acceptors (Lipinski definition) is 6. The Morgan fingerprint density at radius 3 is 2.24 bits per heavy atom. The monoisotopic (exact) mass is 512 g/mol. The van der Waals surface area contributed by atoms with Crippen LogP contribution < -0.4 is 16.4 Å². The first-order chi connectivity index (χ1) is 17.2. The van der Waals surface area contributed by atoms with Crippen molar-refractivity contribution >= 4 is 29.6 Å². The maximum Gasteiger partial charge on any atom is 0.408 e. The van der Waals surface area contributed by atoms with Crippen molar-refractivity contribution in [3.63, 3.8) is 0 Å². The van der Waals surface area contributed by atoms with E-state index in [9.17, 15) is 24.0 Å². The lowest BCUT2D eigenvalue weighted by Gasteiger charge is -2.35. The van der Waals surface area contributed by atoms with Crippen LogP contribution in [0.4, 0.5) is 4.79 Å². The second-order valence-electron chi connectivity index (χ2n) is 12.0. The molecule has 1 saturated carbocycles. The summed E-state index contributed by atoms with van der Waals surface area (Å²) in [6.07, 6.45) is 0.524. The quantitative estimate of drug-likeness (QED) is 0.463. The van der Waals surface area contributed by atoms with Gasteiger partial charge in [0.15, 0.2) is 0 Å². The maximum atomic E-state index is 14.1. The van der Waals surface area contributed by atoms with Gasteiger partial charge < -0.3 is 26.0 Å². The van der Waals surface area contributed by atoms with Gasteiger partial charge in [-0.05, 0) is 67.9 Å². The molecule has 37 heavy (non-hydrogen) atoms. The molecule has 0 radical (unpaired) electrons. The van der Waals surface area contributed by atoms with Crippen LogP contribution in [0.3, 0.4) is 0 Å². The van der Waals surface area contributed by atoms with Crippen LogP contribution in [-0.4, -0.2) is 65.3 Å². The van der Waals surface area contributed by atoms with E-state index in [4.69, 9.17) is 10.5 Å². The van der Waals surface area contributed by atoms with Crippen molar-refractivity contribution in [2.75, 3.05) is 13.1 Å². The highest BCUT2D eigenvalue weighted by molar-refractivity contribution is 6.36. The predicted molar refractivity (Wildman–Crippen MR) is 134 cm³/mol. The number of piperidine rings is 1. The Labute approximate surface area is 216 Å². The summed E-state index contributed by atoms with van der Waals surface area (Å²) in [6, 6.07) is 6.21. The summed E-state index contributed by atoms with van der Waals surface area (Å²) >= 11 is 0. The summed E-state index contributed by atoms with van der Waals surface area (Å²) in [5.41, 5.74) is 6.37. The number of amides is 4. The number of Topliss-reactive ketones (excluding diaryl/α,β-unsaturated/α-hetero) is 1. The van der Waals surface area contributed by atoms with Crippen molar-refractivity contribution in [2.45, 2.75) is 65.1 Å². The molecule has 4 rings (SSSR count). The van der Waals surface area contributed by atoms with Gasteiger partial charge in [-0.25, -0.2) is 4.79 Å². The molecule has 0 spiro atoms. The lowest BCUT2D eigenvalue weighted by Crippen LogP contribution is -2.58. The minimum absolute atomic E-state index is 0.0944. The lowest BCUT2D eigenvalue weighted by molar-refractivity contribution is -0.143. The number of carbonyl (C=O) groups excluding carboxylic acids is 5. The van der Waals surface area contributed by atoms with Gasteiger partial charge in [0.1, 0.15) is 17.7 Å². The van der Waals surface area contributed by atoms with Crippen molar-refractivity contribution in [3.8, 4) is 0 Å². The minimum atomic E-state index is -1.13. The third-order valence-corrected chi connectivity index (χ3v) is 7.95. The van der Waals surface area contributed by atoms with Crippen LogP contribution in [0.25, 0.3) is 0 Å². The number of carbonyl (C=O) groups is 5. The third kappa shape index (κ3) is 5.33. The van der Waals surface area contributed by atoms with Gasteiger partial charge in [-0.1, -0.05) is 38.1 Å². The molecule has 0 unspecified atom stereocenters. The molecule has 3 aliphatic rings. The van der Waals surface area contributed by atoms with Crippen molar-refractivity contribution in [3.05, 3.63) is 35.4 Å². The molecule has 10 nitrogen and oxygen atoms in total. The van der Waals surface area contributed by atoms with Gasteiger partial charge in [0.05, 0.1) is 6.54 Å². The summed E-state index contributed by atoms with van der Waals surface area (Å²) in [7, 11) is 0. The van der Waals surface area contributed by atoms with Gasteiger partial charge in [0, 0.05) is 6.54 Å². The summed E-state index contributed by atoms with van der Waals surface area (Å²) in [6.45, 7) is 9.18. The number of fused-ring (bicyclic) bond motifs is 2. The number of alkyl carbamates (subject to hydrolysis) is 1. The van der Waals surface area contributed by atoms with E-state index >= 15 is 0 Å². The van der Waals surface area contributed by atoms with E-state index in [1.807, 2.05) is 38.1 Å². The Hall–Kier alpha value is -3.43. The number of primary amides is 1. The molecule has 2 fully saturated rings. The highest BCUT2D eigenvalue weighted by atomic mass is 16.6. The largest absolute Gasteiger partial charge is 0.444 e. The van der Waals surface area contributed by atoms with Crippen molar-refractivity contribution in [2.24, 2.45) is 28.9 Å². The van der Waals surface area contributed by atoms with Gasteiger partial charge in [0.25, 0.3) is 5.91 Å². The summed E-state index contributed by atoms with van der Waals surface area (Å²) in [5, 5.41) is 5.29. The summed E-state index contributed by atoms with van der Waals surface area (Å²) in [5.74, 6) is -3.09. The average Bonchev–Trinajstić information content (AvgIpc) is 3.19. The van der Waals surface area contributed by atoms with Crippen LogP contribution in [0.5, 0.6) is 0 Å². The summed E-state index contributed by atoms with van der Waals surface area (Å²) < 4.78 is 5.46. The summed E-state index contributed by atoms with van der Waals surface area (Å²) in [4.78, 5) is 64.4. The Balaban J connectivity index is 1.57. The smallest absolute Gasteiger partial charge is 0.408 e. The molecule has 1 saturated heterocycles. The molecule has 10 heteroatoms. The molecule has 4 amide bonds. The molecule has 0 bridgehead atoms. The first-order valence-electron chi connectivity index (χ1n) is 12.7. The first-order valence-corrected chi connectivity index (χ1v) is 12.7. The molecule has 4 N–H and O–H groups in total. The lowest BCUT2D eigenvalue weighted by atomic mass is 9.93. The fraction of sp³-hybridized carbons (Fsp3) is 0.593. The van der Waals surface area contributed by atoms with Crippen molar-refractivity contribution < 1.29 is 28.7 Å². The number of hydrogen-bond donors (Lipinski definition) is 3. The Morgan fingerprint density at radius 2 is 1.70 bits per heavy atom. The highest BCUT2D eigenvalue weighted by Gasteiger charge is 2.69. The van der Waals surface area contributed by atoms with Gasteiger partial charge in [-0.15, -0.1) is 0 Å². The Morgan fingerprint density at radius 1 is 1.11 bits per heavy atom. The molecule has 200 valence electrons. The zero-order valence-electron chi connectivity index (χ0n) is 22.0. The van der Waals surface area contributed by atoms with Crippen LogP contribution in [0.1, 0.15) is 45.7 Å². The number of nitrogens with zero attached hydrogens (tertiary/aromatic N) is 1. The van der Waals surface area contributed by atoms with Crippen molar-refractivity contribution in [1.29, 1.82) is 0 Å². The van der Waals surface area contributed by atoms with E-state index in [1.54, 1.807) is 20.8 Å². The third-order valence-electron chi connectivity index (χ3n) is 7.95. The van der Waals surface area contributed by atoms with E-state index in [-0.39, 0.29) is 29.1 Å². The maximum absolute atomic E-state index is 14.1. The molecule has 1 heterocycles. The number of likely N-dealkylation sites (tertiary alicyclic amines) is 1. The average molecular weight is 513 g/mol. The fourth-order valence-electron chi connectivity index (χ4n) is 6.00. The highest BCUT2D eigenvalue weighted by Crippen LogP contribution is 2.65. The van der Waals surface area contributed by atoms with Gasteiger partial charge in [0.2, 0.25) is 17.6 Å². The minimum Gasteiger partial charge on any atom is -0.444 e. The predicted octanol–water partition coefficient (Wildman–Crippen LogP) is 0.948. The zero-order valence-corrected chi connectivity index (χ0v) is 22.0. The van der Waals surface area contributed by atoms with E-state index < -0.39 is 47.9 Å².